The van der Waals surface area contributed by atoms with Gasteiger partial charge in [-0.15, -0.1) is 0 Å². The highest BCUT2D eigenvalue weighted by atomic mass is 16.5. The Balaban J connectivity index is 2.48. The maximum Gasteiger partial charge on any atom is 0.258 e. The number of H-pyrrole nitrogens is 1. The van der Waals surface area contributed by atoms with Crippen LogP contribution in [-0.4, -0.2) is 17.1 Å². The number of methoxy groups -OCH3 is 1. The molecule has 0 fully saturated rings. The van der Waals surface area contributed by atoms with Crippen LogP contribution in [-0.2, 0) is 6.42 Å². The number of aromatic nitrogens is 2. The number of hydrogen-bond donors (Lipinski definition) is 1. The molecule has 1 aromatic carbocycles. The summed E-state index contributed by atoms with van der Waals surface area (Å²) in [6.45, 7) is 2.12. The molecule has 0 amide bonds. The predicted octanol–water partition coefficient (Wildman–Crippen LogP) is 2.27. The first-order valence-corrected chi connectivity index (χ1v) is 5.81. The molecule has 1 aromatic heterocycles. The third kappa shape index (κ3) is 2.46. The number of rotatable bonds is 4. The highest BCUT2D eigenvalue weighted by Crippen LogP contribution is 2.16. The number of nitrogens with zero attached hydrogens (tertiary/aromatic N) is 1. The van der Waals surface area contributed by atoms with Gasteiger partial charge in [-0.2, -0.15) is 0 Å². The second-order valence-corrected chi connectivity index (χ2v) is 4.00. The fraction of sp³-hybridized carbons (Fsp3) is 0.385. The number of fused-ring (bicyclic) bond motifs is 1. The van der Waals surface area contributed by atoms with Crippen molar-refractivity contribution < 1.29 is 4.74 Å². The van der Waals surface area contributed by atoms with E-state index in [2.05, 4.69) is 16.9 Å². The van der Waals surface area contributed by atoms with Gasteiger partial charge in [0.1, 0.15) is 11.6 Å². The lowest BCUT2D eigenvalue weighted by molar-refractivity contribution is 0.415. The van der Waals surface area contributed by atoms with Crippen molar-refractivity contribution in [2.24, 2.45) is 0 Å². The number of aryl methyl sites for hydroxylation is 1. The largest absolute Gasteiger partial charge is 0.497 e. The molecule has 0 aliphatic rings. The van der Waals surface area contributed by atoms with E-state index in [0.717, 1.165) is 30.6 Å². The lowest BCUT2D eigenvalue weighted by Crippen LogP contribution is -2.12. The third-order valence-corrected chi connectivity index (χ3v) is 2.73. The van der Waals surface area contributed by atoms with Gasteiger partial charge in [-0.3, -0.25) is 4.79 Å². The average molecular weight is 232 g/mol. The Morgan fingerprint density at radius 1 is 1.41 bits per heavy atom. The van der Waals surface area contributed by atoms with Gasteiger partial charge in [0, 0.05) is 6.42 Å². The standard InChI is InChI=1S/C13H16N2O2/c1-3-4-5-12-14-11-7-6-9(17-2)8-10(11)13(16)15-12/h6-8H,3-5H2,1-2H3,(H,14,15,16). The summed E-state index contributed by atoms with van der Waals surface area (Å²) >= 11 is 0. The van der Waals surface area contributed by atoms with Crippen LogP contribution in [0.3, 0.4) is 0 Å². The molecule has 90 valence electrons. The summed E-state index contributed by atoms with van der Waals surface area (Å²) in [5, 5.41) is 0.574. The summed E-state index contributed by atoms with van der Waals surface area (Å²) in [5.74, 6) is 1.43. The first kappa shape index (κ1) is 11.6. The van der Waals surface area contributed by atoms with E-state index in [1.807, 2.05) is 12.1 Å². The minimum atomic E-state index is -0.0972. The van der Waals surface area contributed by atoms with Crippen LogP contribution in [0.15, 0.2) is 23.0 Å². The molecule has 0 spiro atoms. The second kappa shape index (κ2) is 4.99. The van der Waals surface area contributed by atoms with Gasteiger partial charge in [-0.1, -0.05) is 13.3 Å². The van der Waals surface area contributed by atoms with E-state index in [0.29, 0.717) is 11.1 Å². The van der Waals surface area contributed by atoms with E-state index in [1.54, 1.807) is 13.2 Å². The number of nitrogens with one attached hydrogen (secondary N) is 1. The van der Waals surface area contributed by atoms with Crippen molar-refractivity contribution in [1.29, 1.82) is 0 Å². The van der Waals surface area contributed by atoms with E-state index in [4.69, 9.17) is 4.74 Å². The molecule has 4 heteroatoms. The van der Waals surface area contributed by atoms with Crippen molar-refractivity contribution in [3.05, 3.63) is 34.4 Å². The van der Waals surface area contributed by atoms with E-state index in [9.17, 15) is 4.79 Å². The minimum absolute atomic E-state index is 0.0972. The van der Waals surface area contributed by atoms with Gasteiger partial charge in [0.05, 0.1) is 18.0 Å². The minimum Gasteiger partial charge on any atom is -0.497 e. The normalized spacial score (nSPS) is 10.7. The van der Waals surface area contributed by atoms with Crippen LogP contribution in [0.2, 0.25) is 0 Å². The zero-order valence-corrected chi connectivity index (χ0v) is 10.1. The maximum absolute atomic E-state index is 11.9. The molecule has 0 atom stereocenters. The lowest BCUT2D eigenvalue weighted by Gasteiger charge is -2.04. The van der Waals surface area contributed by atoms with Crippen LogP contribution in [0.4, 0.5) is 0 Å². The molecule has 0 saturated heterocycles. The Morgan fingerprint density at radius 3 is 2.94 bits per heavy atom. The Bertz CT molecular complexity index is 575. The Hall–Kier alpha value is -1.84. The van der Waals surface area contributed by atoms with E-state index < -0.39 is 0 Å². The maximum atomic E-state index is 11.9. The molecule has 1 N–H and O–H groups in total. The van der Waals surface area contributed by atoms with Crippen LogP contribution in [0.5, 0.6) is 5.75 Å². The molecule has 0 radical (unpaired) electrons. The number of ether oxygens (including phenoxy) is 1. The highest BCUT2D eigenvalue weighted by molar-refractivity contribution is 5.79. The van der Waals surface area contributed by atoms with Crippen molar-refractivity contribution in [3.63, 3.8) is 0 Å². The summed E-state index contributed by atoms with van der Waals surface area (Å²) in [6, 6.07) is 5.35. The predicted molar refractivity (Wildman–Crippen MR) is 67.5 cm³/mol. The van der Waals surface area contributed by atoms with Gasteiger partial charge in [0.25, 0.3) is 5.56 Å². The van der Waals surface area contributed by atoms with Gasteiger partial charge in [-0.25, -0.2) is 4.98 Å². The monoisotopic (exact) mass is 232 g/mol. The van der Waals surface area contributed by atoms with E-state index >= 15 is 0 Å². The summed E-state index contributed by atoms with van der Waals surface area (Å²) in [5.41, 5.74) is 0.626. The topological polar surface area (TPSA) is 55.0 Å². The fourth-order valence-electron chi connectivity index (χ4n) is 1.76. The molecule has 1 heterocycles. The molecular formula is C13H16N2O2. The van der Waals surface area contributed by atoms with Crippen LogP contribution >= 0.6 is 0 Å². The Kier molecular flexibility index (Phi) is 3.42. The summed E-state index contributed by atoms with van der Waals surface area (Å²) in [6.07, 6.45) is 2.93. The van der Waals surface area contributed by atoms with Gasteiger partial charge < -0.3 is 9.72 Å². The van der Waals surface area contributed by atoms with Crippen LogP contribution in [0.25, 0.3) is 10.9 Å². The zero-order valence-electron chi connectivity index (χ0n) is 10.1. The quantitative estimate of drug-likeness (QED) is 0.879. The summed E-state index contributed by atoms with van der Waals surface area (Å²) in [4.78, 5) is 19.1. The number of benzene rings is 1. The molecule has 17 heavy (non-hydrogen) atoms. The fourth-order valence-corrected chi connectivity index (χ4v) is 1.76. The second-order valence-electron chi connectivity index (χ2n) is 4.00. The van der Waals surface area contributed by atoms with Crippen LogP contribution < -0.4 is 10.3 Å². The summed E-state index contributed by atoms with van der Waals surface area (Å²) < 4.78 is 5.09. The Labute approximate surface area is 99.7 Å². The molecular weight excluding hydrogens is 216 g/mol. The molecule has 0 aliphatic carbocycles. The van der Waals surface area contributed by atoms with E-state index in [1.165, 1.54) is 0 Å². The number of aromatic amines is 1. The number of unbranched alkanes of at least 4 members (excludes halogenated alkanes) is 1. The highest BCUT2D eigenvalue weighted by Gasteiger charge is 2.04. The van der Waals surface area contributed by atoms with Crippen LogP contribution in [0, 0.1) is 0 Å². The Morgan fingerprint density at radius 2 is 2.24 bits per heavy atom. The van der Waals surface area contributed by atoms with Crippen molar-refractivity contribution >= 4 is 10.9 Å². The van der Waals surface area contributed by atoms with Crippen LogP contribution in [0.1, 0.15) is 25.6 Å². The van der Waals surface area contributed by atoms with Gasteiger partial charge in [0.15, 0.2) is 0 Å². The molecule has 0 unspecified atom stereocenters. The van der Waals surface area contributed by atoms with Crippen molar-refractivity contribution in [1.82, 2.24) is 9.97 Å². The van der Waals surface area contributed by atoms with Crippen molar-refractivity contribution in [2.75, 3.05) is 7.11 Å². The molecule has 0 bridgehead atoms. The molecule has 4 nitrogen and oxygen atoms in total. The van der Waals surface area contributed by atoms with Crippen molar-refractivity contribution in [2.45, 2.75) is 26.2 Å². The molecule has 0 saturated carbocycles. The van der Waals surface area contributed by atoms with Gasteiger partial charge in [-0.05, 0) is 24.6 Å². The summed E-state index contributed by atoms with van der Waals surface area (Å²) in [7, 11) is 1.58. The van der Waals surface area contributed by atoms with Gasteiger partial charge >= 0.3 is 0 Å². The van der Waals surface area contributed by atoms with E-state index in [-0.39, 0.29) is 5.56 Å². The smallest absolute Gasteiger partial charge is 0.258 e. The molecule has 2 aromatic rings. The molecule has 2 rings (SSSR count). The first-order chi connectivity index (χ1) is 8.24. The first-order valence-electron chi connectivity index (χ1n) is 5.81. The number of hydrogen-bond acceptors (Lipinski definition) is 3. The van der Waals surface area contributed by atoms with Gasteiger partial charge in [0.2, 0.25) is 0 Å². The average Bonchev–Trinajstić information content (AvgIpc) is 2.36. The lowest BCUT2D eigenvalue weighted by atomic mass is 10.2. The zero-order chi connectivity index (χ0) is 12.3. The van der Waals surface area contributed by atoms with Crippen molar-refractivity contribution in [3.8, 4) is 5.75 Å². The third-order valence-electron chi connectivity index (χ3n) is 2.73. The molecule has 0 aliphatic heterocycles. The SMILES string of the molecule is CCCCc1nc2ccc(OC)cc2c(=O)[nH]1.